The Kier molecular flexibility index (Phi) is 2.07. The topological polar surface area (TPSA) is 17.8 Å². The van der Waals surface area contributed by atoms with Gasteiger partial charge in [0.05, 0.1) is 0 Å². The zero-order chi connectivity index (χ0) is 6.53. The largest absolute Gasteiger partial charge is 0.325 e. The van der Waals surface area contributed by atoms with Crippen LogP contribution in [0.1, 0.15) is 6.92 Å². The lowest BCUT2D eigenvalue weighted by atomic mass is 10.5. The maximum absolute atomic E-state index is 3.78. The maximum Gasteiger partial charge on any atom is 0.176 e. The highest BCUT2D eigenvalue weighted by Gasteiger charge is 1.81. The van der Waals surface area contributed by atoms with Crippen molar-refractivity contribution in [2.24, 2.45) is 0 Å². The molecule has 0 aliphatic heterocycles. The summed E-state index contributed by atoms with van der Waals surface area (Å²) in [6, 6.07) is 0. The standard InChI is InChI=1S/C7H9N2/c1-2-3-5-9-6-4-8-7-9/h2-4,6H,5H2,1H3/b3-2+. The number of rotatable bonds is 2. The molecule has 1 aromatic heterocycles. The average Bonchev–Trinajstić information content (AvgIpc) is 2.34. The van der Waals surface area contributed by atoms with Crippen LogP contribution in [0.15, 0.2) is 24.5 Å². The Morgan fingerprint density at radius 3 is 3.22 bits per heavy atom. The van der Waals surface area contributed by atoms with Crippen molar-refractivity contribution < 1.29 is 0 Å². The number of nitrogens with zero attached hydrogens (tertiary/aromatic N) is 2. The second-order valence-electron chi connectivity index (χ2n) is 1.75. The first-order chi connectivity index (χ1) is 4.43. The Morgan fingerprint density at radius 2 is 2.67 bits per heavy atom. The Bertz CT molecular complexity index is 175. The van der Waals surface area contributed by atoms with Crippen molar-refractivity contribution in [1.29, 1.82) is 0 Å². The molecule has 0 saturated heterocycles. The molecule has 0 aromatic carbocycles. The van der Waals surface area contributed by atoms with E-state index < -0.39 is 0 Å². The molecule has 0 aliphatic rings. The van der Waals surface area contributed by atoms with Gasteiger partial charge < -0.3 is 4.57 Å². The molecule has 0 bridgehead atoms. The summed E-state index contributed by atoms with van der Waals surface area (Å²) in [4.78, 5) is 3.78. The van der Waals surface area contributed by atoms with Gasteiger partial charge in [-0.15, -0.1) is 0 Å². The zero-order valence-corrected chi connectivity index (χ0v) is 5.41. The summed E-state index contributed by atoms with van der Waals surface area (Å²) in [6.07, 6.45) is 10.5. The third-order valence-corrected chi connectivity index (χ3v) is 1.05. The van der Waals surface area contributed by atoms with Crippen LogP contribution >= 0.6 is 0 Å². The molecule has 1 aromatic rings. The van der Waals surface area contributed by atoms with E-state index in [1.807, 2.05) is 23.8 Å². The molecule has 0 atom stereocenters. The fraction of sp³-hybridized carbons (Fsp3) is 0.286. The van der Waals surface area contributed by atoms with E-state index in [0.29, 0.717) is 0 Å². The van der Waals surface area contributed by atoms with Crippen LogP contribution in [-0.2, 0) is 6.54 Å². The minimum absolute atomic E-state index is 0.872. The van der Waals surface area contributed by atoms with Crippen LogP contribution in [0.2, 0.25) is 0 Å². The summed E-state index contributed by atoms with van der Waals surface area (Å²) in [5, 5.41) is 0. The van der Waals surface area contributed by atoms with Gasteiger partial charge in [0, 0.05) is 18.9 Å². The molecular weight excluding hydrogens is 112 g/mol. The van der Waals surface area contributed by atoms with Crippen LogP contribution in [0.5, 0.6) is 0 Å². The highest BCUT2D eigenvalue weighted by atomic mass is 15.0. The first-order valence-corrected chi connectivity index (χ1v) is 2.93. The molecule has 0 spiro atoms. The van der Waals surface area contributed by atoms with Crippen molar-refractivity contribution in [2.75, 3.05) is 0 Å². The number of imidazole rings is 1. The van der Waals surface area contributed by atoms with Gasteiger partial charge in [0.2, 0.25) is 0 Å². The van der Waals surface area contributed by atoms with E-state index in [1.165, 1.54) is 0 Å². The summed E-state index contributed by atoms with van der Waals surface area (Å²) in [5.74, 6) is 0. The van der Waals surface area contributed by atoms with Crippen molar-refractivity contribution >= 4 is 0 Å². The van der Waals surface area contributed by atoms with Gasteiger partial charge in [0.15, 0.2) is 6.33 Å². The smallest absolute Gasteiger partial charge is 0.176 e. The summed E-state index contributed by atoms with van der Waals surface area (Å²) >= 11 is 0. The number of hydrogen-bond acceptors (Lipinski definition) is 1. The number of hydrogen-bond donors (Lipinski definition) is 0. The maximum atomic E-state index is 3.78. The molecule has 1 heterocycles. The predicted octanol–water partition coefficient (Wildman–Crippen LogP) is 1.26. The molecular formula is C7H9N2. The first-order valence-electron chi connectivity index (χ1n) is 2.93. The molecule has 0 aliphatic carbocycles. The van der Waals surface area contributed by atoms with Gasteiger partial charge in [0.1, 0.15) is 0 Å². The monoisotopic (exact) mass is 121 g/mol. The molecule has 1 radical (unpaired) electrons. The Labute approximate surface area is 54.8 Å². The third-order valence-electron chi connectivity index (χ3n) is 1.05. The fourth-order valence-corrected chi connectivity index (χ4v) is 0.575. The quantitative estimate of drug-likeness (QED) is 0.538. The molecule has 0 unspecified atom stereocenters. The van der Waals surface area contributed by atoms with Crippen molar-refractivity contribution in [1.82, 2.24) is 9.55 Å². The van der Waals surface area contributed by atoms with Crippen LogP contribution in [0.3, 0.4) is 0 Å². The summed E-state index contributed by atoms with van der Waals surface area (Å²) in [7, 11) is 0. The van der Waals surface area contributed by atoms with Crippen LogP contribution in [-0.4, -0.2) is 9.55 Å². The van der Waals surface area contributed by atoms with E-state index >= 15 is 0 Å². The Morgan fingerprint density at radius 1 is 1.78 bits per heavy atom. The minimum atomic E-state index is 0.872. The molecule has 47 valence electrons. The van der Waals surface area contributed by atoms with Gasteiger partial charge >= 0.3 is 0 Å². The molecule has 2 heteroatoms. The summed E-state index contributed by atoms with van der Waals surface area (Å²) < 4.78 is 1.89. The lowest BCUT2D eigenvalue weighted by Crippen LogP contribution is -1.89. The Hall–Kier alpha value is -1.05. The van der Waals surface area contributed by atoms with Gasteiger partial charge in [-0.25, -0.2) is 4.98 Å². The van der Waals surface area contributed by atoms with Crippen LogP contribution < -0.4 is 0 Å². The number of allylic oxidation sites excluding steroid dienone is 2. The number of aromatic nitrogens is 2. The van der Waals surface area contributed by atoms with Crippen LogP contribution in [0.25, 0.3) is 0 Å². The minimum Gasteiger partial charge on any atom is -0.325 e. The van der Waals surface area contributed by atoms with Crippen molar-refractivity contribution in [3.8, 4) is 0 Å². The first kappa shape index (κ1) is 6.08. The predicted molar refractivity (Wildman–Crippen MR) is 35.9 cm³/mol. The van der Waals surface area contributed by atoms with Gasteiger partial charge in [-0.1, -0.05) is 12.2 Å². The SMILES string of the molecule is C/C=C/Cn1[c]ncc1. The average molecular weight is 121 g/mol. The van der Waals surface area contributed by atoms with Gasteiger partial charge in [-0.3, -0.25) is 0 Å². The molecule has 0 N–H and O–H groups in total. The van der Waals surface area contributed by atoms with E-state index in [9.17, 15) is 0 Å². The molecule has 0 amide bonds. The van der Waals surface area contributed by atoms with E-state index in [2.05, 4.69) is 17.4 Å². The fourth-order valence-electron chi connectivity index (χ4n) is 0.575. The molecule has 0 saturated carbocycles. The molecule has 9 heavy (non-hydrogen) atoms. The highest BCUT2D eigenvalue weighted by Crippen LogP contribution is 1.84. The van der Waals surface area contributed by atoms with Crippen molar-refractivity contribution in [2.45, 2.75) is 13.5 Å². The zero-order valence-electron chi connectivity index (χ0n) is 5.41. The molecule has 0 fully saturated rings. The Balaban J connectivity index is 2.48. The van der Waals surface area contributed by atoms with Crippen molar-refractivity contribution in [3.63, 3.8) is 0 Å². The van der Waals surface area contributed by atoms with Gasteiger partial charge in [0.25, 0.3) is 0 Å². The summed E-state index contributed by atoms with van der Waals surface area (Å²) in [6.45, 7) is 2.87. The van der Waals surface area contributed by atoms with E-state index in [4.69, 9.17) is 0 Å². The van der Waals surface area contributed by atoms with E-state index in [-0.39, 0.29) is 0 Å². The highest BCUT2D eigenvalue weighted by molar-refractivity contribution is 4.81. The second-order valence-corrected chi connectivity index (χ2v) is 1.75. The van der Waals surface area contributed by atoms with Crippen LogP contribution in [0, 0.1) is 6.33 Å². The lowest BCUT2D eigenvalue weighted by Gasteiger charge is -1.90. The van der Waals surface area contributed by atoms with Gasteiger partial charge in [-0.05, 0) is 6.92 Å². The second kappa shape index (κ2) is 3.07. The van der Waals surface area contributed by atoms with Gasteiger partial charge in [-0.2, -0.15) is 0 Å². The van der Waals surface area contributed by atoms with E-state index in [0.717, 1.165) is 6.54 Å². The summed E-state index contributed by atoms with van der Waals surface area (Å²) in [5.41, 5.74) is 0. The normalized spacial score (nSPS) is 10.8. The van der Waals surface area contributed by atoms with E-state index in [1.54, 1.807) is 6.20 Å². The molecule has 1 rings (SSSR count). The third kappa shape index (κ3) is 1.72. The lowest BCUT2D eigenvalue weighted by molar-refractivity contribution is 0.811. The van der Waals surface area contributed by atoms with Crippen LogP contribution in [0.4, 0.5) is 0 Å². The molecule has 2 nitrogen and oxygen atoms in total. The van der Waals surface area contributed by atoms with Crippen molar-refractivity contribution in [3.05, 3.63) is 30.9 Å².